The Bertz CT molecular complexity index is 500. The van der Waals surface area contributed by atoms with Crippen molar-refractivity contribution in [1.29, 1.82) is 0 Å². The van der Waals surface area contributed by atoms with Crippen LogP contribution < -0.4 is 0 Å². The fourth-order valence-electron chi connectivity index (χ4n) is 1.27. The molecule has 2 nitrogen and oxygen atoms in total. The number of rotatable bonds is 1. The molecule has 4 heteroatoms. The molecule has 0 spiro atoms. The van der Waals surface area contributed by atoms with Gasteiger partial charge in [-0.2, -0.15) is 0 Å². The van der Waals surface area contributed by atoms with Gasteiger partial charge in [0.05, 0.1) is 4.47 Å². The Kier molecular flexibility index (Phi) is 3.03. The van der Waals surface area contributed by atoms with E-state index in [2.05, 4.69) is 25.9 Å². The van der Waals surface area contributed by atoms with Gasteiger partial charge < -0.3 is 0 Å². The monoisotopic (exact) mass is 282 g/mol. The smallest absolute Gasteiger partial charge is 0.160 e. The number of benzene rings is 1. The van der Waals surface area contributed by atoms with Crippen LogP contribution in [0.15, 0.2) is 34.9 Å². The predicted molar refractivity (Wildman–Crippen MR) is 64.9 cm³/mol. The van der Waals surface area contributed by atoms with Gasteiger partial charge in [0.2, 0.25) is 0 Å². The maximum absolute atomic E-state index is 5.91. The van der Waals surface area contributed by atoms with E-state index in [4.69, 9.17) is 11.6 Å². The first-order valence-electron chi connectivity index (χ1n) is 4.42. The molecule has 0 amide bonds. The third-order valence-corrected chi connectivity index (χ3v) is 3.07. The van der Waals surface area contributed by atoms with Crippen LogP contribution in [0.2, 0.25) is 5.15 Å². The molecule has 0 radical (unpaired) electrons. The van der Waals surface area contributed by atoms with Crippen molar-refractivity contribution in [2.45, 2.75) is 6.92 Å². The molecular weight excluding hydrogens is 275 g/mol. The molecule has 0 N–H and O–H groups in total. The Balaban J connectivity index is 2.50. The van der Waals surface area contributed by atoms with E-state index in [1.807, 2.05) is 31.2 Å². The van der Waals surface area contributed by atoms with Crippen LogP contribution in [0, 0.1) is 6.92 Å². The number of aryl methyl sites for hydroxylation is 1. The third-order valence-electron chi connectivity index (χ3n) is 1.98. The molecule has 15 heavy (non-hydrogen) atoms. The lowest BCUT2D eigenvalue weighted by atomic mass is 10.1. The second kappa shape index (κ2) is 4.29. The summed E-state index contributed by atoms with van der Waals surface area (Å²) >= 11 is 9.16. The number of hydrogen-bond donors (Lipinski definition) is 0. The number of hydrogen-bond acceptors (Lipinski definition) is 2. The molecule has 0 aliphatic rings. The van der Waals surface area contributed by atoms with Crippen molar-refractivity contribution in [3.05, 3.63) is 45.7 Å². The van der Waals surface area contributed by atoms with E-state index in [1.165, 1.54) is 5.56 Å². The van der Waals surface area contributed by atoms with Gasteiger partial charge in [0.15, 0.2) is 5.82 Å². The minimum Gasteiger partial charge on any atom is -0.235 e. The first kappa shape index (κ1) is 10.6. The molecule has 76 valence electrons. The van der Waals surface area contributed by atoms with Crippen molar-refractivity contribution < 1.29 is 0 Å². The van der Waals surface area contributed by atoms with Crippen molar-refractivity contribution in [2.75, 3.05) is 0 Å². The Labute approximate surface area is 101 Å². The van der Waals surface area contributed by atoms with E-state index in [1.54, 1.807) is 6.20 Å². The van der Waals surface area contributed by atoms with Crippen LogP contribution in [-0.2, 0) is 0 Å². The molecule has 0 aliphatic carbocycles. The first-order valence-corrected chi connectivity index (χ1v) is 5.59. The van der Waals surface area contributed by atoms with Gasteiger partial charge in [0.25, 0.3) is 0 Å². The van der Waals surface area contributed by atoms with Crippen molar-refractivity contribution in [3.63, 3.8) is 0 Å². The Morgan fingerprint density at radius 1 is 1.33 bits per heavy atom. The summed E-state index contributed by atoms with van der Waals surface area (Å²) in [5.41, 5.74) is 2.15. The zero-order chi connectivity index (χ0) is 10.8. The molecule has 0 atom stereocenters. The minimum absolute atomic E-state index is 0.432. The molecule has 1 aromatic carbocycles. The molecule has 0 unspecified atom stereocenters. The van der Waals surface area contributed by atoms with Crippen molar-refractivity contribution in [2.24, 2.45) is 0 Å². The Morgan fingerprint density at radius 3 is 2.80 bits per heavy atom. The Hall–Kier alpha value is -0.930. The summed E-state index contributed by atoms with van der Waals surface area (Å²) in [7, 11) is 0. The first-order chi connectivity index (χ1) is 7.16. The summed E-state index contributed by atoms with van der Waals surface area (Å²) in [6.45, 7) is 2.03. The van der Waals surface area contributed by atoms with E-state index in [-0.39, 0.29) is 0 Å². The highest BCUT2D eigenvalue weighted by molar-refractivity contribution is 9.10. The minimum atomic E-state index is 0.432. The standard InChI is InChI=1S/C11H8BrClN2/c1-7-3-2-4-8(5-7)11-14-6-9(12)10(13)15-11/h2-6H,1H3. The molecular formula is C11H8BrClN2. The highest BCUT2D eigenvalue weighted by Gasteiger charge is 2.04. The van der Waals surface area contributed by atoms with Gasteiger partial charge >= 0.3 is 0 Å². The molecule has 0 fully saturated rings. The zero-order valence-corrected chi connectivity index (χ0v) is 10.4. The van der Waals surface area contributed by atoms with Crippen LogP contribution in [0.3, 0.4) is 0 Å². The van der Waals surface area contributed by atoms with Crippen molar-refractivity contribution >= 4 is 27.5 Å². The van der Waals surface area contributed by atoms with Crippen LogP contribution in [-0.4, -0.2) is 9.97 Å². The van der Waals surface area contributed by atoms with Crippen LogP contribution in [0.25, 0.3) is 11.4 Å². The SMILES string of the molecule is Cc1cccc(-c2ncc(Br)c(Cl)n2)c1. The van der Waals surface area contributed by atoms with Crippen LogP contribution in [0.5, 0.6) is 0 Å². The fourth-order valence-corrected chi connectivity index (χ4v) is 1.59. The van der Waals surface area contributed by atoms with Gasteiger partial charge in [-0.25, -0.2) is 9.97 Å². The van der Waals surface area contributed by atoms with Gasteiger partial charge in [-0.3, -0.25) is 0 Å². The second-order valence-corrected chi connectivity index (χ2v) is 4.41. The number of aromatic nitrogens is 2. The zero-order valence-electron chi connectivity index (χ0n) is 8.04. The number of halogens is 2. The highest BCUT2D eigenvalue weighted by atomic mass is 79.9. The van der Waals surface area contributed by atoms with E-state index in [0.29, 0.717) is 15.5 Å². The van der Waals surface area contributed by atoms with Gasteiger partial charge in [-0.1, -0.05) is 35.4 Å². The third kappa shape index (κ3) is 2.36. The van der Waals surface area contributed by atoms with Crippen molar-refractivity contribution in [1.82, 2.24) is 9.97 Å². The average Bonchev–Trinajstić information content (AvgIpc) is 2.22. The lowest BCUT2D eigenvalue weighted by Crippen LogP contribution is -1.90. The Morgan fingerprint density at radius 2 is 2.13 bits per heavy atom. The quantitative estimate of drug-likeness (QED) is 0.743. The van der Waals surface area contributed by atoms with Gasteiger partial charge in [0, 0.05) is 11.8 Å². The molecule has 0 bridgehead atoms. The molecule has 1 aromatic heterocycles. The van der Waals surface area contributed by atoms with E-state index >= 15 is 0 Å². The summed E-state index contributed by atoms with van der Waals surface area (Å²) in [5, 5.41) is 0.432. The lowest BCUT2D eigenvalue weighted by Gasteiger charge is -2.02. The summed E-state index contributed by atoms with van der Waals surface area (Å²) in [6.07, 6.45) is 1.66. The van der Waals surface area contributed by atoms with Gasteiger partial charge in [-0.15, -0.1) is 0 Å². The van der Waals surface area contributed by atoms with Gasteiger partial charge in [0.1, 0.15) is 5.15 Å². The summed E-state index contributed by atoms with van der Waals surface area (Å²) in [5.74, 6) is 0.645. The summed E-state index contributed by atoms with van der Waals surface area (Å²) < 4.78 is 0.709. The van der Waals surface area contributed by atoms with E-state index < -0.39 is 0 Å². The van der Waals surface area contributed by atoms with Crippen LogP contribution in [0.1, 0.15) is 5.56 Å². The highest BCUT2D eigenvalue weighted by Crippen LogP contribution is 2.23. The average molecular weight is 284 g/mol. The molecule has 2 aromatic rings. The van der Waals surface area contributed by atoms with Crippen molar-refractivity contribution in [3.8, 4) is 11.4 Å². The largest absolute Gasteiger partial charge is 0.235 e. The molecule has 2 rings (SSSR count). The lowest BCUT2D eigenvalue weighted by molar-refractivity contribution is 1.16. The maximum Gasteiger partial charge on any atom is 0.160 e. The maximum atomic E-state index is 5.91. The summed E-state index contributed by atoms with van der Waals surface area (Å²) in [4.78, 5) is 8.40. The topological polar surface area (TPSA) is 25.8 Å². The molecule has 1 heterocycles. The van der Waals surface area contributed by atoms with E-state index in [0.717, 1.165) is 5.56 Å². The van der Waals surface area contributed by atoms with E-state index in [9.17, 15) is 0 Å². The summed E-state index contributed by atoms with van der Waals surface area (Å²) in [6, 6.07) is 8.00. The van der Waals surface area contributed by atoms with Gasteiger partial charge in [-0.05, 0) is 28.9 Å². The number of nitrogens with zero attached hydrogens (tertiary/aromatic N) is 2. The normalized spacial score (nSPS) is 10.3. The van der Waals surface area contributed by atoms with Crippen LogP contribution in [0.4, 0.5) is 0 Å². The fraction of sp³-hybridized carbons (Fsp3) is 0.0909. The predicted octanol–water partition coefficient (Wildman–Crippen LogP) is 3.87. The molecule has 0 saturated heterocycles. The molecule has 0 saturated carbocycles. The molecule has 0 aliphatic heterocycles. The van der Waals surface area contributed by atoms with Crippen LogP contribution >= 0.6 is 27.5 Å². The second-order valence-electron chi connectivity index (χ2n) is 3.20.